The van der Waals surface area contributed by atoms with Crippen molar-refractivity contribution in [3.05, 3.63) is 104 Å². The second-order valence-corrected chi connectivity index (χ2v) is 9.11. The maximum absolute atomic E-state index is 13.0. The molecule has 2 amide bonds. The van der Waals surface area contributed by atoms with E-state index in [0.29, 0.717) is 23.4 Å². The van der Waals surface area contributed by atoms with Gasteiger partial charge in [0.2, 0.25) is 0 Å². The quantitative estimate of drug-likeness (QED) is 0.327. The van der Waals surface area contributed by atoms with Crippen molar-refractivity contribution in [2.45, 2.75) is 13.0 Å². The van der Waals surface area contributed by atoms with Crippen LogP contribution >= 0.6 is 35.0 Å². The highest BCUT2D eigenvalue weighted by molar-refractivity contribution is 8.18. The second kappa shape index (κ2) is 10.4. The zero-order valence-electron chi connectivity index (χ0n) is 17.3. The Labute approximate surface area is 204 Å². The van der Waals surface area contributed by atoms with Gasteiger partial charge in [0.05, 0.1) is 15.0 Å². The fourth-order valence-electron chi connectivity index (χ4n) is 3.27. The largest absolute Gasteiger partial charge is 0.486 e. The van der Waals surface area contributed by atoms with Crippen LogP contribution in [0.3, 0.4) is 0 Å². The summed E-state index contributed by atoms with van der Waals surface area (Å²) >= 11 is 13.6. The van der Waals surface area contributed by atoms with E-state index in [2.05, 4.69) is 0 Å². The van der Waals surface area contributed by atoms with Gasteiger partial charge < -0.3 is 4.74 Å². The van der Waals surface area contributed by atoms with Gasteiger partial charge in [-0.2, -0.15) is 0 Å². The minimum Gasteiger partial charge on any atom is -0.486 e. The van der Waals surface area contributed by atoms with Gasteiger partial charge in [0.1, 0.15) is 12.4 Å². The number of amides is 2. The van der Waals surface area contributed by atoms with Crippen LogP contribution < -0.4 is 4.74 Å². The first-order chi connectivity index (χ1) is 15.9. The molecule has 33 heavy (non-hydrogen) atoms. The van der Waals surface area contributed by atoms with E-state index in [-0.39, 0.29) is 39.4 Å². The van der Waals surface area contributed by atoms with Crippen molar-refractivity contribution in [1.29, 1.82) is 0 Å². The SMILES string of the molecule is O=C1S/C(=C\c2cc(Cl)c(OCc3ccc(F)cc3)c(Cl)c2)C(=O)N1CCc1ccccc1. The van der Waals surface area contributed by atoms with E-state index in [0.717, 1.165) is 22.9 Å². The van der Waals surface area contributed by atoms with Gasteiger partial charge in [0, 0.05) is 6.54 Å². The molecule has 8 heteroatoms. The molecule has 0 aromatic heterocycles. The summed E-state index contributed by atoms with van der Waals surface area (Å²) in [5.41, 5.74) is 2.39. The molecule has 1 saturated heterocycles. The Morgan fingerprint density at radius 1 is 0.939 bits per heavy atom. The van der Waals surface area contributed by atoms with Crippen LogP contribution in [0.4, 0.5) is 9.18 Å². The minimum atomic E-state index is -0.343. The summed E-state index contributed by atoms with van der Waals surface area (Å²) in [5, 5.41) is 0.219. The van der Waals surface area contributed by atoms with Crippen LogP contribution in [0.15, 0.2) is 71.6 Å². The molecule has 0 unspecified atom stereocenters. The standard InChI is InChI=1S/C25H18Cl2FNO3S/c26-20-12-18(13-21(27)23(20)32-15-17-6-8-19(28)9-7-17)14-22-24(30)29(25(31)33-22)11-10-16-4-2-1-3-5-16/h1-9,12-14H,10-11,15H2/b22-14-. The molecule has 4 nitrogen and oxygen atoms in total. The second-order valence-electron chi connectivity index (χ2n) is 7.30. The van der Waals surface area contributed by atoms with Gasteiger partial charge in [0.25, 0.3) is 11.1 Å². The zero-order chi connectivity index (χ0) is 23.4. The molecule has 1 fully saturated rings. The predicted molar refractivity (Wildman–Crippen MR) is 130 cm³/mol. The first-order valence-electron chi connectivity index (χ1n) is 10.1. The summed E-state index contributed by atoms with van der Waals surface area (Å²) in [6.07, 6.45) is 2.18. The summed E-state index contributed by atoms with van der Waals surface area (Å²) in [7, 11) is 0. The molecule has 0 saturated carbocycles. The monoisotopic (exact) mass is 501 g/mol. The van der Waals surface area contributed by atoms with Gasteiger partial charge in [-0.05, 0) is 65.2 Å². The van der Waals surface area contributed by atoms with Gasteiger partial charge in [0.15, 0.2) is 5.75 Å². The van der Waals surface area contributed by atoms with Crippen LogP contribution in [-0.4, -0.2) is 22.6 Å². The van der Waals surface area contributed by atoms with E-state index in [1.54, 1.807) is 30.3 Å². The molecule has 0 aliphatic carbocycles. The number of hydrogen-bond acceptors (Lipinski definition) is 4. The number of benzene rings is 3. The van der Waals surface area contributed by atoms with E-state index in [9.17, 15) is 14.0 Å². The van der Waals surface area contributed by atoms with E-state index in [4.69, 9.17) is 27.9 Å². The third-order valence-corrected chi connectivity index (χ3v) is 6.42. The Morgan fingerprint density at radius 3 is 2.27 bits per heavy atom. The molecule has 1 aliphatic heterocycles. The lowest BCUT2D eigenvalue weighted by atomic mass is 10.1. The Bertz CT molecular complexity index is 1190. The predicted octanol–water partition coefficient (Wildman–Crippen LogP) is 6.99. The van der Waals surface area contributed by atoms with Gasteiger partial charge in [-0.3, -0.25) is 14.5 Å². The van der Waals surface area contributed by atoms with Crippen LogP contribution in [0.25, 0.3) is 6.08 Å². The molecule has 4 rings (SSSR count). The molecule has 168 valence electrons. The van der Waals surface area contributed by atoms with Crippen molar-refractivity contribution >= 4 is 52.2 Å². The number of carbonyl (C=O) groups excluding carboxylic acids is 2. The number of carbonyl (C=O) groups is 2. The first kappa shape index (κ1) is 23.4. The normalized spacial score (nSPS) is 14.9. The molecule has 0 spiro atoms. The van der Waals surface area contributed by atoms with Gasteiger partial charge in [-0.25, -0.2) is 4.39 Å². The molecule has 1 aliphatic rings. The summed E-state index contributed by atoms with van der Waals surface area (Å²) < 4.78 is 18.8. The third-order valence-electron chi connectivity index (χ3n) is 4.96. The van der Waals surface area contributed by atoms with Crippen molar-refractivity contribution in [2.75, 3.05) is 6.54 Å². The lowest BCUT2D eigenvalue weighted by Crippen LogP contribution is -2.30. The van der Waals surface area contributed by atoms with Crippen LogP contribution in [0, 0.1) is 5.82 Å². The molecule has 0 N–H and O–H groups in total. The highest BCUT2D eigenvalue weighted by atomic mass is 35.5. The average molecular weight is 502 g/mol. The molecule has 0 bridgehead atoms. The Balaban J connectivity index is 1.45. The van der Waals surface area contributed by atoms with Crippen LogP contribution in [0.1, 0.15) is 16.7 Å². The summed E-state index contributed by atoms with van der Waals surface area (Å²) in [6, 6.07) is 18.8. The molecule has 3 aromatic rings. The summed E-state index contributed by atoms with van der Waals surface area (Å²) in [5.74, 6) is -0.385. The fourth-order valence-corrected chi connectivity index (χ4v) is 4.74. The number of halogens is 3. The first-order valence-corrected chi connectivity index (χ1v) is 11.6. The van der Waals surface area contributed by atoms with E-state index in [1.807, 2.05) is 30.3 Å². The van der Waals surface area contributed by atoms with Crippen LogP contribution in [-0.2, 0) is 17.8 Å². The Morgan fingerprint density at radius 2 is 1.61 bits per heavy atom. The van der Waals surface area contributed by atoms with Gasteiger partial charge >= 0.3 is 0 Å². The van der Waals surface area contributed by atoms with Crippen LogP contribution in [0.2, 0.25) is 10.0 Å². The number of hydrogen-bond donors (Lipinski definition) is 0. The zero-order valence-corrected chi connectivity index (χ0v) is 19.6. The van der Waals surface area contributed by atoms with E-state index in [1.165, 1.54) is 17.0 Å². The van der Waals surface area contributed by atoms with Crippen molar-refractivity contribution < 1.29 is 18.7 Å². The van der Waals surface area contributed by atoms with Crippen molar-refractivity contribution in [1.82, 2.24) is 4.90 Å². The Kier molecular flexibility index (Phi) is 7.38. The molecule has 0 radical (unpaired) electrons. The smallest absolute Gasteiger partial charge is 0.293 e. The molecule has 0 atom stereocenters. The molecular weight excluding hydrogens is 484 g/mol. The van der Waals surface area contributed by atoms with Gasteiger partial charge in [-0.15, -0.1) is 0 Å². The van der Waals surface area contributed by atoms with Crippen LogP contribution in [0.5, 0.6) is 5.75 Å². The minimum absolute atomic E-state index is 0.166. The number of thioether (sulfide) groups is 1. The number of imide groups is 1. The van der Waals surface area contributed by atoms with E-state index >= 15 is 0 Å². The highest BCUT2D eigenvalue weighted by Gasteiger charge is 2.34. The lowest BCUT2D eigenvalue weighted by Gasteiger charge is -2.12. The molecule has 1 heterocycles. The number of rotatable bonds is 7. The fraction of sp³-hybridized carbons (Fsp3) is 0.120. The lowest BCUT2D eigenvalue weighted by molar-refractivity contribution is -0.122. The maximum Gasteiger partial charge on any atom is 0.293 e. The number of ether oxygens (including phenoxy) is 1. The Hall–Kier alpha value is -2.80. The molecule has 3 aromatic carbocycles. The molecular formula is C25H18Cl2FNO3S. The summed E-state index contributed by atoms with van der Waals surface area (Å²) in [4.78, 5) is 26.7. The topological polar surface area (TPSA) is 46.6 Å². The average Bonchev–Trinajstić information content (AvgIpc) is 3.06. The van der Waals surface area contributed by atoms with E-state index < -0.39 is 0 Å². The van der Waals surface area contributed by atoms with Gasteiger partial charge in [-0.1, -0.05) is 65.7 Å². The van der Waals surface area contributed by atoms with Crippen molar-refractivity contribution in [2.24, 2.45) is 0 Å². The highest BCUT2D eigenvalue weighted by Crippen LogP contribution is 2.37. The maximum atomic E-state index is 13.0. The van der Waals surface area contributed by atoms with Crippen molar-refractivity contribution in [3.8, 4) is 5.75 Å². The summed E-state index contributed by atoms with van der Waals surface area (Å²) in [6.45, 7) is 0.475. The third kappa shape index (κ3) is 5.77. The number of nitrogens with zero attached hydrogens (tertiary/aromatic N) is 1. The van der Waals surface area contributed by atoms with Crippen molar-refractivity contribution in [3.63, 3.8) is 0 Å².